The molecule has 25 heavy (non-hydrogen) atoms. The lowest BCUT2D eigenvalue weighted by atomic mass is 9.78. The maximum absolute atomic E-state index is 6.09. The molecule has 0 spiro atoms. The first-order valence-electron chi connectivity index (χ1n) is 8.87. The second-order valence-electron chi connectivity index (χ2n) is 8.90. The Morgan fingerprint density at radius 3 is 1.80 bits per heavy atom. The third-order valence-corrected chi connectivity index (χ3v) is 4.80. The van der Waals surface area contributed by atoms with E-state index in [4.69, 9.17) is 5.73 Å². The molecule has 2 aromatic carbocycles. The number of benzene rings is 2. The lowest BCUT2D eigenvalue weighted by Gasteiger charge is -2.26. The summed E-state index contributed by atoms with van der Waals surface area (Å²) in [4.78, 5) is 4.45. The highest BCUT2D eigenvalue weighted by Crippen LogP contribution is 2.36. The van der Waals surface area contributed by atoms with E-state index in [2.05, 4.69) is 76.9 Å². The summed E-state index contributed by atoms with van der Waals surface area (Å²) >= 11 is 0. The first-order valence-corrected chi connectivity index (χ1v) is 8.87. The van der Waals surface area contributed by atoms with Crippen molar-refractivity contribution in [1.82, 2.24) is 4.98 Å². The quantitative estimate of drug-likeness (QED) is 0.586. The normalized spacial score (nSPS) is 12.6. The smallest absolute Gasteiger partial charge is 0.131 e. The summed E-state index contributed by atoms with van der Waals surface area (Å²) in [5.74, 6) is 0.586. The molecule has 0 saturated carbocycles. The number of hydrogen-bond donors (Lipinski definition) is 1. The van der Waals surface area contributed by atoms with E-state index in [1.807, 2.05) is 18.3 Å². The van der Waals surface area contributed by atoms with E-state index in [1.54, 1.807) is 0 Å². The molecule has 0 saturated heterocycles. The molecule has 0 aliphatic rings. The van der Waals surface area contributed by atoms with Crippen LogP contribution in [-0.4, -0.2) is 4.98 Å². The van der Waals surface area contributed by atoms with E-state index in [-0.39, 0.29) is 10.8 Å². The summed E-state index contributed by atoms with van der Waals surface area (Å²) < 4.78 is 0. The van der Waals surface area contributed by atoms with Gasteiger partial charge in [0.15, 0.2) is 0 Å². The number of rotatable bonds is 1. The molecule has 2 heteroatoms. The lowest BCUT2D eigenvalue weighted by molar-refractivity contribution is 0.569. The second-order valence-corrected chi connectivity index (χ2v) is 8.90. The summed E-state index contributed by atoms with van der Waals surface area (Å²) in [7, 11) is 0. The molecule has 130 valence electrons. The Labute approximate surface area is 151 Å². The fourth-order valence-corrected chi connectivity index (χ4v) is 3.09. The Morgan fingerprint density at radius 1 is 0.760 bits per heavy atom. The van der Waals surface area contributed by atoms with Crippen LogP contribution in [0.3, 0.4) is 0 Å². The molecule has 0 amide bonds. The third-order valence-electron chi connectivity index (χ3n) is 4.80. The summed E-state index contributed by atoms with van der Waals surface area (Å²) in [6.07, 6.45) is 1.91. The van der Waals surface area contributed by atoms with Gasteiger partial charge < -0.3 is 5.73 Å². The van der Waals surface area contributed by atoms with Crippen LogP contribution >= 0.6 is 0 Å². The first kappa shape index (κ1) is 17.5. The van der Waals surface area contributed by atoms with E-state index < -0.39 is 0 Å². The number of pyridine rings is 1. The van der Waals surface area contributed by atoms with Crippen molar-refractivity contribution in [3.63, 3.8) is 0 Å². The number of nitrogen functional groups attached to an aromatic ring is 1. The largest absolute Gasteiger partial charge is 0.383 e. The van der Waals surface area contributed by atoms with Crippen LogP contribution in [0.25, 0.3) is 21.9 Å². The SMILES string of the molecule is CC(C)(C)c1cc(-c2cnc(N)c3ccccc23)cc(C(C)(C)C)c1. The monoisotopic (exact) mass is 332 g/mol. The van der Waals surface area contributed by atoms with Crippen LogP contribution in [0.1, 0.15) is 52.7 Å². The molecule has 3 rings (SSSR count). The third kappa shape index (κ3) is 3.39. The van der Waals surface area contributed by atoms with Gasteiger partial charge in [0, 0.05) is 17.1 Å². The van der Waals surface area contributed by atoms with Gasteiger partial charge in [-0.15, -0.1) is 0 Å². The fraction of sp³-hybridized carbons (Fsp3) is 0.348. The Balaban J connectivity index is 2.33. The minimum absolute atomic E-state index is 0.0903. The van der Waals surface area contributed by atoms with Crippen LogP contribution < -0.4 is 5.73 Å². The van der Waals surface area contributed by atoms with Gasteiger partial charge in [-0.05, 0) is 32.9 Å². The Kier molecular flexibility index (Phi) is 4.10. The predicted molar refractivity (Wildman–Crippen MR) is 109 cm³/mol. The van der Waals surface area contributed by atoms with Crippen LogP contribution in [-0.2, 0) is 10.8 Å². The number of hydrogen-bond acceptors (Lipinski definition) is 2. The van der Waals surface area contributed by atoms with Crippen molar-refractivity contribution in [2.75, 3.05) is 5.73 Å². The topological polar surface area (TPSA) is 38.9 Å². The van der Waals surface area contributed by atoms with Crippen molar-refractivity contribution in [3.05, 3.63) is 59.8 Å². The zero-order chi connectivity index (χ0) is 18.4. The van der Waals surface area contributed by atoms with Crippen molar-refractivity contribution in [2.24, 2.45) is 0 Å². The molecule has 0 bridgehead atoms. The molecule has 3 aromatic rings. The second kappa shape index (κ2) is 5.87. The number of nitrogens with two attached hydrogens (primary N) is 1. The van der Waals surface area contributed by atoms with Gasteiger partial charge in [0.1, 0.15) is 5.82 Å². The zero-order valence-electron chi connectivity index (χ0n) is 16.1. The van der Waals surface area contributed by atoms with Crippen molar-refractivity contribution in [1.29, 1.82) is 0 Å². The first-order chi connectivity index (χ1) is 11.6. The van der Waals surface area contributed by atoms with Gasteiger partial charge >= 0.3 is 0 Å². The molecule has 0 radical (unpaired) electrons. The van der Waals surface area contributed by atoms with Gasteiger partial charge in [-0.1, -0.05) is 84.0 Å². The molecular weight excluding hydrogens is 304 g/mol. The van der Waals surface area contributed by atoms with Gasteiger partial charge in [-0.2, -0.15) is 0 Å². The number of fused-ring (bicyclic) bond motifs is 1. The van der Waals surface area contributed by atoms with E-state index in [0.29, 0.717) is 5.82 Å². The summed E-state index contributed by atoms with van der Waals surface area (Å²) in [5, 5.41) is 2.17. The van der Waals surface area contributed by atoms with Gasteiger partial charge in [0.25, 0.3) is 0 Å². The number of aromatic nitrogens is 1. The van der Waals surface area contributed by atoms with Crippen molar-refractivity contribution >= 4 is 16.6 Å². The van der Waals surface area contributed by atoms with E-state index in [1.165, 1.54) is 16.7 Å². The minimum atomic E-state index is 0.0903. The molecule has 0 unspecified atom stereocenters. The summed E-state index contributed by atoms with van der Waals surface area (Å²) in [6, 6.07) is 15.2. The highest BCUT2D eigenvalue weighted by atomic mass is 14.8. The van der Waals surface area contributed by atoms with E-state index in [9.17, 15) is 0 Å². The average Bonchev–Trinajstić information content (AvgIpc) is 2.53. The minimum Gasteiger partial charge on any atom is -0.383 e. The lowest BCUT2D eigenvalue weighted by Crippen LogP contribution is -2.16. The number of anilines is 1. The highest BCUT2D eigenvalue weighted by molar-refractivity contribution is 6.01. The average molecular weight is 332 g/mol. The Hall–Kier alpha value is -2.35. The molecule has 2 N–H and O–H groups in total. The highest BCUT2D eigenvalue weighted by Gasteiger charge is 2.21. The molecule has 1 aromatic heterocycles. The van der Waals surface area contributed by atoms with Crippen LogP contribution in [0.4, 0.5) is 5.82 Å². The van der Waals surface area contributed by atoms with Crippen LogP contribution in [0.15, 0.2) is 48.7 Å². The van der Waals surface area contributed by atoms with Gasteiger partial charge in [-0.25, -0.2) is 4.98 Å². The van der Waals surface area contributed by atoms with Crippen LogP contribution in [0, 0.1) is 0 Å². The standard InChI is InChI=1S/C23H28N2/c1-22(2,3)16-11-15(12-17(13-16)23(4,5)6)20-14-25-21(24)19-10-8-7-9-18(19)20/h7-14H,1-6H3,(H2,24,25). The molecular formula is C23H28N2. The van der Waals surface area contributed by atoms with E-state index >= 15 is 0 Å². The maximum atomic E-state index is 6.09. The molecule has 0 fully saturated rings. The summed E-state index contributed by atoms with van der Waals surface area (Å²) in [6.45, 7) is 13.6. The summed E-state index contributed by atoms with van der Waals surface area (Å²) in [5.41, 5.74) is 11.3. The van der Waals surface area contributed by atoms with Gasteiger partial charge in [-0.3, -0.25) is 0 Å². The molecule has 0 aliphatic heterocycles. The predicted octanol–water partition coefficient (Wildman–Crippen LogP) is 6.08. The van der Waals surface area contributed by atoms with Crippen LogP contribution in [0.5, 0.6) is 0 Å². The molecule has 1 heterocycles. The molecule has 0 aliphatic carbocycles. The van der Waals surface area contributed by atoms with E-state index in [0.717, 1.165) is 16.3 Å². The maximum Gasteiger partial charge on any atom is 0.131 e. The zero-order valence-corrected chi connectivity index (χ0v) is 16.1. The molecule has 2 nitrogen and oxygen atoms in total. The van der Waals surface area contributed by atoms with Gasteiger partial charge in [0.05, 0.1) is 0 Å². The van der Waals surface area contributed by atoms with Crippen molar-refractivity contribution in [3.8, 4) is 11.1 Å². The Morgan fingerprint density at radius 2 is 1.28 bits per heavy atom. The van der Waals surface area contributed by atoms with Crippen molar-refractivity contribution in [2.45, 2.75) is 52.4 Å². The van der Waals surface area contributed by atoms with Crippen molar-refractivity contribution < 1.29 is 0 Å². The molecule has 0 atom stereocenters. The number of nitrogens with zero attached hydrogens (tertiary/aromatic N) is 1. The van der Waals surface area contributed by atoms with Gasteiger partial charge in [0.2, 0.25) is 0 Å². The Bertz CT molecular complexity index is 893. The van der Waals surface area contributed by atoms with Crippen LogP contribution in [0.2, 0.25) is 0 Å². The fourth-order valence-electron chi connectivity index (χ4n) is 3.09.